The van der Waals surface area contributed by atoms with Crippen LogP contribution in [0.3, 0.4) is 0 Å². The van der Waals surface area contributed by atoms with Crippen molar-refractivity contribution in [1.29, 1.82) is 0 Å². The van der Waals surface area contributed by atoms with E-state index >= 15 is 0 Å². The van der Waals surface area contributed by atoms with Gasteiger partial charge in [0.05, 0.1) is 12.7 Å². The van der Waals surface area contributed by atoms with Crippen LogP contribution in [-0.2, 0) is 9.47 Å². The SMILES string of the molecule is CN(C)C[C@H]1COCO1. The fraction of sp³-hybridized carbons (Fsp3) is 1.00. The van der Waals surface area contributed by atoms with E-state index in [1.807, 2.05) is 14.1 Å². The van der Waals surface area contributed by atoms with Gasteiger partial charge in [0.1, 0.15) is 6.79 Å². The van der Waals surface area contributed by atoms with E-state index in [1.165, 1.54) is 0 Å². The molecule has 0 aliphatic carbocycles. The second kappa shape index (κ2) is 3.15. The predicted molar refractivity (Wildman–Crippen MR) is 34.2 cm³/mol. The van der Waals surface area contributed by atoms with E-state index in [9.17, 15) is 0 Å². The van der Waals surface area contributed by atoms with E-state index in [0.29, 0.717) is 12.9 Å². The third-order valence-corrected chi connectivity index (χ3v) is 1.26. The smallest absolute Gasteiger partial charge is 0.147 e. The summed E-state index contributed by atoms with van der Waals surface area (Å²) >= 11 is 0. The lowest BCUT2D eigenvalue weighted by Gasteiger charge is -2.12. The number of rotatable bonds is 2. The van der Waals surface area contributed by atoms with E-state index in [0.717, 1.165) is 13.2 Å². The number of likely N-dealkylation sites (N-methyl/N-ethyl adjacent to an activating group) is 1. The molecule has 1 aliphatic heterocycles. The van der Waals surface area contributed by atoms with Gasteiger partial charge in [-0.05, 0) is 14.1 Å². The molecule has 0 amide bonds. The lowest BCUT2D eigenvalue weighted by molar-refractivity contribution is 0.0399. The van der Waals surface area contributed by atoms with Crippen molar-refractivity contribution in [3.8, 4) is 0 Å². The van der Waals surface area contributed by atoms with Crippen LogP contribution in [0.5, 0.6) is 0 Å². The van der Waals surface area contributed by atoms with Gasteiger partial charge >= 0.3 is 0 Å². The second-order valence-electron chi connectivity index (χ2n) is 2.54. The highest BCUT2D eigenvalue weighted by molar-refractivity contribution is 4.62. The van der Waals surface area contributed by atoms with E-state index in [1.54, 1.807) is 0 Å². The molecule has 3 nitrogen and oxygen atoms in total. The molecule has 0 spiro atoms. The van der Waals surface area contributed by atoms with Crippen LogP contribution in [-0.4, -0.2) is 45.0 Å². The molecule has 1 atom stereocenters. The van der Waals surface area contributed by atoms with Gasteiger partial charge in [0.2, 0.25) is 0 Å². The van der Waals surface area contributed by atoms with Gasteiger partial charge in [-0.2, -0.15) is 0 Å². The predicted octanol–water partition coefficient (Wildman–Crippen LogP) is -0.0791. The summed E-state index contributed by atoms with van der Waals surface area (Å²) < 4.78 is 10.2. The number of hydrogen-bond donors (Lipinski definition) is 0. The van der Waals surface area contributed by atoms with Gasteiger partial charge in [0.15, 0.2) is 0 Å². The van der Waals surface area contributed by atoms with E-state index in [2.05, 4.69) is 4.90 Å². The van der Waals surface area contributed by atoms with Gasteiger partial charge in [-0.1, -0.05) is 0 Å². The molecule has 3 heteroatoms. The molecule has 0 saturated carbocycles. The number of nitrogens with zero attached hydrogens (tertiary/aromatic N) is 1. The van der Waals surface area contributed by atoms with Gasteiger partial charge in [0.25, 0.3) is 0 Å². The molecule has 1 heterocycles. The standard InChI is InChI=1S/C6H13NO2/c1-7(2)3-6-4-8-5-9-6/h6H,3-5H2,1-2H3/t6-/m0/s1. The number of ether oxygens (including phenoxy) is 2. The molecule has 0 radical (unpaired) electrons. The normalized spacial score (nSPS) is 27.7. The largest absolute Gasteiger partial charge is 0.353 e. The first kappa shape index (κ1) is 6.99. The molecular weight excluding hydrogens is 118 g/mol. The van der Waals surface area contributed by atoms with E-state index < -0.39 is 0 Å². The van der Waals surface area contributed by atoms with Gasteiger partial charge in [-0.25, -0.2) is 0 Å². The van der Waals surface area contributed by atoms with Gasteiger partial charge in [0, 0.05) is 6.54 Å². The maximum Gasteiger partial charge on any atom is 0.147 e. The average Bonchev–Trinajstić information content (AvgIpc) is 2.15. The zero-order valence-corrected chi connectivity index (χ0v) is 5.96. The first-order valence-corrected chi connectivity index (χ1v) is 3.13. The molecule has 54 valence electrons. The molecule has 0 aromatic heterocycles. The molecule has 1 fully saturated rings. The Morgan fingerprint density at radius 3 is 2.78 bits per heavy atom. The third kappa shape index (κ3) is 2.30. The molecule has 9 heavy (non-hydrogen) atoms. The highest BCUT2D eigenvalue weighted by atomic mass is 16.7. The molecule has 1 saturated heterocycles. The minimum absolute atomic E-state index is 0.292. The van der Waals surface area contributed by atoms with Crippen LogP contribution >= 0.6 is 0 Å². The molecule has 1 rings (SSSR count). The van der Waals surface area contributed by atoms with Crippen molar-refractivity contribution in [2.75, 3.05) is 34.0 Å². The molecule has 1 aliphatic rings. The maximum atomic E-state index is 5.20. The lowest BCUT2D eigenvalue weighted by atomic mass is 10.4. The molecular formula is C6H13NO2. The summed E-state index contributed by atoms with van der Waals surface area (Å²) in [4.78, 5) is 2.10. The second-order valence-corrected chi connectivity index (χ2v) is 2.54. The van der Waals surface area contributed by atoms with Crippen molar-refractivity contribution in [3.05, 3.63) is 0 Å². The summed E-state index contributed by atoms with van der Waals surface area (Å²) in [7, 11) is 4.06. The molecule has 0 bridgehead atoms. The summed E-state index contributed by atoms with van der Waals surface area (Å²) in [5.41, 5.74) is 0. The third-order valence-electron chi connectivity index (χ3n) is 1.26. The fourth-order valence-electron chi connectivity index (χ4n) is 0.885. The first-order valence-electron chi connectivity index (χ1n) is 3.13. The summed E-state index contributed by atoms with van der Waals surface area (Å²) in [5.74, 6) is 0. The van der Waals surface area contributed by atoms with Crippen molar-refractivity contribution in [3.63, 3.8) is 0 Å². The highest BCUT2D eigenvalue weighted by Crippen LogP contribution is 2.02. The Hall–Kier alpha value is -0.120. The minimum atomic E-state index is 0.292. The van der Waals surface area contributed by atoms with Crippen LogP contribution < -0.4 is 0 Å². The summed E-state index contributed by atoms with van der Waals surface area (Å²) in [6.07, 6.45) is 0.292. The molecule has 0 aromatic carbocycles. The van der Waals surface area contributed by atoms with E-state index in [4.69, 9.17) is 9.47 Å². The van der Waals surface area contributed by atoms with Crippen LogP contribution in [0.2, 0.25) is 0 Å². The lowest BCUT2D eigenvalue weighted by Crippen LogP contribution is -2.27. The molecule has 0 aromatic rings. The summed E-state index contributed by atoms with van der Waals surface area (Å²) in [6.45, 7) is 2.18. The highest BCUT2D eigenvalue weighted by Gasteiger charge is 2.15. The van der Waals surface area contributed by atoms with Gasteiger partial charge in [-0.15, -0.1) is 0 Å². The van der Waals surface area contributed by atoms with Crippen LogP contribution in [0.25, 0.3) is 0 Å². The Morgan fingerprint density at radius 1 is 1.56 bits per heavy atom. The van der Waals surface area contributed by atoms with Gasteiger partial charge < -0.3 is 14.4 Å². The van der Waals surface area contributed by atoms with Crippen molar-refractivity contribution >= 4 is 0 Å². The quantitative estimate of drug-likeness (QED) is 0.523. The fourth-order valence-corrected chi connectivity index (χ4v) is 0.885. The Morgan fingerprint density at radius 2 is 2.33 bits per heavy atom. The summed E-state index contributed by atoms with van der Waals surface area (Å²) in [6, 6.07) is 0. The summed E-state index contributed by atoms with van der Waals surface area (Å²) in [5, 5.41) is 0. The van der Waals surface area contributed by atoms with Crippen LogP contribution in [0.15, 0.2) is 0 Å². The van der Waals surface area contributed by atoms with Crippen LogP contribution in [0, 0.1) is 0 Å². The first-order chi connectivity index (χ1) is 4.29. The zero-order chi connectivity index (χ0) is 6.69. The van der Waals surface area contributed by atoms with Gasteiger partial charge in [-0.3, -0.25) is 0 Å². The Bertz CT molecular complexity index is 79.1. The Balaban J connectivity index is 2.11. The van der Waals surface area contributed by atoms with E-state index in [-0.39, 0.29) is 0 Å². The number of hydrogen-bond acceptors (Lipinski definition) is 3. The van der Waals surface area contributed by atoms with Crippen LogP contribution in [0.4, 0.5) is 0 Å². The molecule has 0 unspecified atom stereocenters. The minimum Gasteiger partial charge on any atom is -0.353 e. The Labute approximate surface area is 55.5 Å². The van der Waals surface area contributed by atoms with Crippen LogP contribution in [0.1, 0.15) is 0 Å². The van der Waals surface area contributed by atoms with Crippen molar-refractivity contribution in [2.45, 2.75) is 6.10 Å². The monoisotopic (exact) mass is 131 g/mol. The van der Waals surface area contributed by atoms with Crippen molar-refractivity contribution in [1.82, 2.24) is 4.90 Å². The average molecular weight is 131 g/mol. The zero-order valence-electron chi connectivity index (χ0n) is 5.96. The molecule has 0 N–H and O–H groups in total. The Kier molecular flexibility index (Phi) is 2.45. The maximum absolute atomic E-state index is 5.20. The van der Waals surface area contributed by atoms with Crippen molar-refractivity contribution in [2.24, 2.45) is 0 Å². The van der Waals surface area contributed by atoms with Crippen molar-refractivity contribution < 1.29 is 9.47 Å². The topological polar surface area (TPSA) is 21.7 Å².